The van der Waals surface area contributed by atoms with Crippen LogP contribution in [0, 0.1) is 10.1 Å². The fourth-order valence-corrected chi connectivity index (χ4v) is 2.36. The van der Waals surface area contributed by atoms with Gasteiger partial charge in [0, 0.05) is 35.6 Å². The molecule has 0 saturated heterocycles. The number of benzene rings is 2. The lowest BCUT2D eigenvalue weighted by atomic mass is 10.0. The van der Waals surface area contributed by atoms with Crippen LogP contribution >= 0.6 is 0 Å². The fourth-order valence-electron chi connectivity index (χ4n) is 2.36. The lowest BCUT2D eigenvalue weighted by Crippen LogP contribution is -2.21. The van der Waals surface area contributed by atoms with E-state index < -0.39 is 10.8 Å². The predicted molar refractivity (Wildman–Crippen MR) is 101 cm³/mol. The molecule has 134 valence electrons. The Balaban J connectivity index is 2.45. The highest BCUT2D eigenvalue weighted by atomic mass is 16.6. The number of aliphatic imine (C=N–C) groups is 1. The van der Waals surface area contributed by atoms with Crippen molar-refractivity contribution in [2.45, 2.75) is 13.8 Å². The predicted octanol–water partition coefficient (Wildman–Crippen LogP) is 3.98. The Morgan fingerprint density at radius 1 is 1.15 bits per heavy atom. The van der Waals surface area contributed by atoms with Crippen LogP contribution in [0.5, 0.6) is 0 Å². The van der Waals surface area contributed by atoms with Crippen LogP contribution in [0.15, 0.2) is 65.2 Å². The molecule has 2 N–H and O–H groups in total. The number of non-ortho nitro benzene ring substituents is 1. The van der Waals surface area contributed by atoms with Gasteiger partial charge in [-0.2, -0.15) is 0 Å². The van der Waals surface area contributed by atoms with E-state index in [2.05, 4.69) is 10.3 Å². The van der Waals surface area contributed by atoms with Gasteiger partial charge < -0.3 is 10.4 Å². The van der Waals surface area contributed by atoms with Gasteiger partial charge in [-0.1, -0.05) is 18.2 Å². The minimum atomic E-state index is -0.530. The highest BCUT2D eigenvalue weighted by molar-refractivity contribution is 6.28. The first-order valence-corrected chi connectivity index (χ1v) is 8.00. The zero-order chi connectivity index (χ0) is 19.1. The second kappa shape index (κ2) is 8.57. The number of hydrogen-bond donors (Lipinski definition) is 2. The Labute approximate surface area is 150 Å². The summed E-state index contributed by atoms with van der Waals surface area (Å²) in [5.74, 6) is -0.801. The largest absolute Gasteiger partial charge is 0.506 e. The van der Waals surface area contributed by atoms with Gasteiger partial charge in [-0.25, -0.2) is 0 Å². The number of amides is 1. The van der Waals surface area contributed by atoms with Gasteiger partial charge in [0.05, 0.1) is 4.92 Å². The summed E-state index contributed by atoms with van der Waals surface area (Å²) in [6, 6.07) is 14.2. The van der Waals surface area contributed by atoms with Crippen LogP contribution in [0.3, 0.4) is 0 Å². The van der Waals surface area contributed by atoms with Gasteiger partial charge in [-0.15, -0.1) is 0 Å². The lowest BCUT2D eigenvalue weighted by molar-refractivity contribution is -0.384. The second-order valence-electron chi connectivity index (χ2n) is 5.41. The first-order chi connectivity index (χ1) is 12.4. The number of nitro benzene ring substituents is 1. The lowest BCUT2D eigenvalue weighted by Gasteiger charge is -2.12. The van der Waals surface area contributed by atoms with Gasteiger partial charge >= 0.3 is 0 Å². The Morgan fingerprint density at radius 3 is 2.31 bits per heavy atom. The van der Waals surface area contributed by atoms with E-state index >= 15 is 0 Å². The van der Waals surface area contributed by atoms with E-state index in [9.17, 15) is 20.0 Å². The number of nitrogens with one attached hydrogen (secondary N) is 1. The first-order valence-electron chi connectivity index (χ1n) is 8.00. The maximum Gasteiger partial charge on any atom is 0.269 e. The van der Waals surface area contributed by atoms with Crippen LogP contribution in [-0.4, -0.2) is 28.2 Å². The number of hydrogen-bond acceptors (Lipinski definition) is 5. The molecular formula is C19H19N3O4. The summed E-state index contributed by atoms with van der Waals surface area (Å²) < 4.78 is 0. The van der Waals surface area contributed by atoms with Crippen molar-refractivity contribution in [2.75, 3.05) is 11.9 Å². The minimum absolute atomic E-state index is 0.0181. The zero-order valence-corrected chi connectivity index (χ0v) is 14.5. The summed E-state index contributed by atoms with van der Waals surface area (Å²) in [4.78, 5) is 27.1. The second-order valence-corrected chi connectivity index (χ2v) is 5.41. The molecule has 0 saturated carbocycles. The summed E-state index contributed by atoms with van der Waals surface area (Å²) in [6.07, 6.45) is 0. The van der Waals surface area contributed by atoms with E-state index in [4.69, 9.17) is 0 Å². The third kappa shape index (κ3) is 4.54. The number of carbonyl (C=O) groups is 1. The zero-order valence-electron chi connectivity index (χ0n) is 14.5. The van der Waals surface area contributed by atoms with Crippen LogP contribution in [0.2, 0.25) is 0 Å². The molecule has 0 aliphatic rings. The van der Waals surface area contributed by atoms with Crippen molar-refractivity contribution in [3.63, 3.8) is 0 Å². The van der Waals surface area contributed by atoms with Crippen LogP contribution < -0.4 is 5.32 Å². The highest BCUT2D eigenvalue weighted by Crippen LogP contribution is 2.22. The van der Waals surface area contributed by atoms with Crippen LogP contribution in [-0.2, 0) is 4.79 Å². The maximum absolute atomic E-state index is 12.7. The van der Waals surface area contributed by atoms with E-state index in [0.29, 0.717) is 23.5 Å². The van der Waals surface area contributed by atoms with Crippen LogP contribution in [0.1, 0.15) is 19.4 Å². The standard InChI is InChI=1S/C19H19N3O4/c1-3-20-13(2)17(19(24)21-15-7-5-4-6-8-15)18(23)14-9-11-16(12-10-14)22(25)26/h4-12,23H,3H2,1-2H3,(H,21,24)/b18-17+,20-13?. The van der Waals surface area contributed by atoms with Crippen LogP contribution in [0.25, 0.3) is 5.76 Å². The molecule has 2 rings (SSSR count). The number of carbonyl (C=O) groups excluding carboxylic acids is 1. The summed E-state index contributed by atoms with van der Waals surface area (Å²) in [5.41, 5.74) is 1.16. The summed E-state index contributed by atoms with van der Waals surface area (Å²) in [5, 5.41) is 24.1. The molecule has 0 atom stereocenters. The molecule has 26 heavy (non-hydrogen) atoms. The smallest absolute Gasteiger partial charge is 0.269 e. The molecule has 0 unspecified atom stereocenters. The third-order valence-electron chi connectivity index (χ3n) is 3.60. The quantitative estimate of drug-likeness (QED) is 0.269. The molecule has 0 aliphatic carbocycles. The molecule has 1 amide bonds. The fraction of sp³-hybridized carbons (Fsp3) is 0.158. The van der Waals surface area contributed by atoms with E-state index in [1.54, 1.807) is 31.2 Å². The van der Waals surface area contributed by atoms with Crippen molar-refractivity contribution in [1.29, 1.82) is 0 Å². The van der Waals surface area contributed by atoms with Gasteiger partial charge in [0.2, 0.25) is 0 Å². The average molecular weight is 353 g/mol. The first kappa shape index (κ1) is 18.9. The Hall–Kier alpha value is -3.48. The molecular weight excluding hydrogens is 334 g/mol. The number of nitro groups is 1. The van der Waals surface area contributed by atoms with Crippen molar-refractivity contribution in [2.24, 2.45) is 4.99 Å². The Morgan fingerprint density at radius 2 is 1.77 bits per heavy atom. The number of aliphatic hydroxyl groups excluding tert-OH is 1. The van der Waals surface area contributed by atoms with Crippen molar-refractivity contribution >= 4 is 28.8 Å². The maximum atomic E-state index is 12.7. The SMILES string of the molecule is CCN=C(C)/C(C(=O)Nc1ccccc1)=C(\O)c1ccc([N+](=O)[O-])cc1. The summed E-state index contributed by atoms with van der Waals surface area (Å²) >= 11 is 0. The van der Waals surface area contributed by atoms with Gasteiger partial charge in [0.15, 0.2) is 0 Å². The van der Waals surface area contributed by atoms with E-state index in [1.807, 2.05) is 13.0 Å². The molecule has 0 aliphatic heterocycles. The van der Waals surface area contributed by atoms with Crippen molar-refractivity contribution in [3.8, 4) is 0 Å². The number of nitrogens with zero attached hydrogens (tertiary/aromatic N) is 2. The molecule has 7 nitrogen and oxygen atoms in total. The number of rotatable bonds is 6. The van der Waals surface area contributed by atoms with E-state index in [1.165, 1.54) is 24.3 Å². The van der Waals surface area contributed by atoms with E-state index in [-0.39, 0.29) is 17.0 Å². The van der Waals surface area contributed by atoms with Crippen molar-refractivity contribution in [1.82, 2.24) is 0 Å². The monoisotopic (exact) mass is 353 g/mol. The molecule has 0 spiro atoms. The summed E-state index contributed by atoms with van der Waals surface area (Å²) in [7, 11) is 0. The van der Waals surface area contributed by atoms with Crippen molar-refractivity contribution in [3.05, 3.63) is 75.8 Å². The summed E-state index contributed by atoms with van der Waals surface area (Å²) in [6.45, 7) is 3.89. The molecule has 2 aromatic carbocycles. The van der Waals surface area contributed by atoms with E-state index in [0.717, 1.165) is 0 Å². The normalized spacial score (nSPS) is 12.3. The third-order valence-corrected chi connectivity index (χ3v) is 3.60. The Kier molecular flexibility index (Phi) is 6.21. The topological polar surface area (TPSA) is 105 Å². The molecule has 2 aromatic rings. The molecule has 0 heterocycles. The average Bonchev–Trinajstić information content (AvgIpc) is 2.63. The molecule has 0 bridgehead atoms. The van der Waals surface area contributed by atoms with Crippen molar-refractivity contribution < 1.29 is 14.8 Å². The minimum Gasteiger partial charge on any atom is -0.506 e. The van der Waals surface area contributed by atoms with Gasteiger partial charge in [0.25, 0.3) is 11.6 Å². The van der Waals surface area contributed by atoms with Crippen LogP contribution in [0.4, 0.5) is 11.4 Å². The van der Waals surface area contributed by atoms with Gasteiger partial charge in [0.1, 0.15) is 11.3 Å². The molecule has 7 heteroatoms. The Bertz CT molecular complexity index is 856. The van der Waals surface area contributed by atoms with Gasteiger partial charge in [-0.05, 0) is 38.1 Å². The number of para-hydroxylation sites is 1. The number of anilines is 1. The highest BCUT2D eigenvalue weighted by Gasteiger charge is 2.20. The molecule has 0 aromatic heterocycles. The van der Waals surface area contributed by atoms with Gasteiger partial charge in [-0.3, -0.25) is 19.9 Å². The molecule has 0 fully saturated rings. The molecule has 0 radical (unpaired) electrons. The number of aliphatic hydroxyl groups is 1.